The molecule has 0 bridgehead atoms. The van der Waals surface area contributed by atoms with Gasteiger partial charge in [0.2, 0.25) is 0 Å². The minimum atomic E-state index is 0.181. The van der Waals surface area contributed by atoms with Crippen LogP contribution in [0.2, 0.25) is 0 Å². The Labute approximate surface area is 106 Å². The first kappa shape index (κ1) is 14.2. The van der Waals surface area contributed by atoms with Gasteiger partial charge in [0, 0.05) is 17.9 Å². The first-order chi connectivity index (χ1) is 7.95. The van der Waals surface area contributed by atoms with E-state index < -0.39 is 0 Å². The molecule has 0 radical (unpaired) electrons. The molecule has 0 amide bonds. The maximum absolute atomic E-state index is 4.39. The van der Waals surface area contributed by atoms with Crippen molar-refractivity contribution in [2.45, 2.75) is 58.9 Å². The second kappa shape index (κ2) is 6.15. The van der Waals surface area contributed by atoms with Crippen molar-refractivity contribution in [3.63, 3.8) is 0 Å². The molecule has 2 nitrogen and oxygen atoms in total. The Morgan fingerprint density at radius 1 is 1.35 bits per heavy atom. The maximum atomic E-state index is 4.39. The summed E-state index contributed by atoms with van der Waals surface area (Å²) >= 11 is 0. The summed E-state index contributed by atoms with van der Waals surface area (Å²) in [4.78, 5) is 4.39. The van der Waals surface area contributed by atoms with E-state index in [2.05, 4.69) is 50.1 Å². The summed E-state index contributed by atoms with van der Waals surface area (Å²) in [7, 11) is 0. The highest BCUT2D eigenvalue weighted by molar-refractivity contribution is 5.22. The smallest absolute Gasteiger partial charge is 0.0372 e. The van der Waals surface area contributed by atoms with Crippen molar-refractivity contribution in [1.29, 1.82) is 0 Å². The molecule has 17 heavy (non-hydrogen) atoms. The molecule has 0 saturated carbocycles. The van der Waals surface area contributed by atoms with Crippen molar-refractivity contribution in [2.24, 2.45) is 0 Å². The van der Waals surface area contributed by atoms with E-state index in [9.17, 15) is 0 Å². The highest BCUT2D eigenvalue weighted by Crippen LogP contribution is 2.27. The third kappa shape index (κ3) is 4.47. The Morgan fingerprint density at radius 3 is 2.59 bits per heavy atom. The zero-order valence-electron chi connectivity index (χ0n) is 11.9. The summed E-state index contributed by atoms with van der Waals surface area (Å²) in [6.45, 7) is 12.2. The van der Waals surface area contributed by atoms with E-state index in [1.54, 1.807) is 0 Å². The SMILES string of the molecule is CCCNC(C)CC(C)(C)c1ccc(C)nc1. The minimum Gasteiger partial charge on any atom is -0.314 e. The Hall–Kier alpha value is -0.890. The second-order valence-electron chi connectivity index (χ2n) is 5.63. The molecule has 0 aliphatic carbocycles. The zero-order valence-corrected chi connectivity index (χ0v) is 11.9. The Morgan fingerprint density at radius 2 is 2.06 bits per heavy atom. The van der Waals surface area contributed by atoms with Crippen molar-refractivity contribution < 1.29 is 0 Å². The van der Waals surface area contributed by atoms with Crippen molar-refractivity contribution in [1.82, 2.24) is 10.3 Å². The van der Waals surface area contributed by atoms with Gasteiger partial charge in [-0.05, 0) is 50.3 Å². The lowest BCUT2D eigenvalue weighted by atomic mass is 9.80. The molecule has 1 heterocycles. The average molecular weight is 234 g/mol. The average Bonchev–Trinajstić information content (AvgIpc) is 2.26. The van der Waals surface area contributed by atoms with Crippen LogP contribution >= 0.6 is 0 Å². The molecule has 0 aliphatic rings. The summed E-state index contributed by atoms with van der Waals surface area (Å²) in [5, 5.41) is 3.55. The zero-order chi connectivity index (χ0) is 12.9. The van der Waals surface area contributed by atoms with Gasteiger partial charge in [-0.15, -0.1) is 0 Å². The topological polar surface area (TPSA) is 24.9 Å². The van der Waals surface area contributed by atoms with Gasteiger partial charge >= 0.3 is 0 Å². The van der Waals surface area contributed by atoms with Crippen LogP contribution in [0.15, 0.2) is 18.3 Å². The normalized spacial score (nSPS) is 13.7. The number of nitrogens with one attached hydrogen (secondary N) is 1. The minimum absolute atomic E-state index is 0.181. The van der Waals surface area contributed by atoms with Crippen LogP contribution < -0.4 is 5.32 Å². The maximum Gasteiger partial charge on any atom is 0.0372 e. The largest absolute Gasteiger partial charge is 0.314 e. The van der Waals surface area contributed by atoms with Gasteiger partial charge in [0.25, 0.3) is 0 Å². The van der Waals surface area contributed by atoms with Crippen LogP contribution in [0, 0.1) is 6.92 Å². The standard InChI is InChI=1S/C15H26N2/c1-6-9-16-13(3)10-15(4,5)14-8-7-12(2)17-11-14/h7-8,11,13,16H,6,9-10H2,1-5H3. The summed E-state index contributed by atoms with van der Waals surface area (Å²) in [6, 6.07) is 4.85. The van der Waals surface area contributed by atoms with Gasteiger partial charge in [0.05, 0.1) is 0 Å². The number of nitrogens with zero attached hydrogens (tertiary/aromatic N) is 1. The molecule has 0 fully saturated rings. The number of rotatable bonds is 6. The van der Waals surface area contributed by atoms with Gasteiger partial charge in [-0.2, -0.15) is 0 Å². The summed E-state index contributed by atoms with van der Waals surface area (Å²) in [6.07, 6.45) is 4.34. The summed E-state index contributed by atoms with van der Waals surface area (Å²) in [5.41, 5.74) is 2.59. The fraction of sp³-hybridized carbons (Fsp3) is 0.667. The molecule has 1 N–H and O–H groups in total. The molecule has 1 unspecified atom stereocenters. The number of aryl methyl sites for hydroxylation is 1. The van der Waals surface area contributed by atoms with Crippen LogP contribution in [0.4, 0.5) is 0 Å². The van der Waals surface area contributed by atoms with Gasteiger partial charge in [0.15, 0.2) is 0 Å². The van der Waals surface area contributed by atoms with Crippen LogP contribution in [-0.4, -0.2) is 17.6 Å². The molecule has 0 spiro atoms. The molecule has 0 aromatic carbocycles. The fourth-order valence-corrected chi connectivity index (χ4v) is 2.21. The van der Waals surface area contributed by atoms with E-state index in [0.717, 1.165) is 18.7 Å². The predicted octanol–water partition coefficient (Wildman–Crippen LogP) is 3.45. The van der Waals surface area contributed by atoms with Gasteiger partial charge in [-0.3, -0.25) is 4.98 Å². The van der Waals surface area contributed by atoms with Crippen molar-refractivity contribution in [3.05, 3.63) is 29.6 Å². The van der Waals surface area contributed by atoms with Crippen molar-refractivity contribution in [3.8, 4) is 0 Å². The summed E-state index contributed by atoms with van der Waals surface area (Å²) in [5.74, 6) is 0. The lowest BCUT2D eigenvalue weighted by Crippen LogP contribution is -2.33. The quantitative estimate of drug-likeness (QED) is 0.815. The third-order valence-corrected chi connectivity index (χ3v) is 3.25. The molecule has 1 atom stereocenters. The monoisotopic (exact) mass is 234 g/mol. The first-order valence-electron chi connectivity index (χ1n) is 6.62. The predicted molar refractivity (Wildman–Crippen MR) is 74.4 cm³/mol. The second-order valence-corrected chi connectivity index (χ2v) is 5.63. The molecule has 96 valence electrons. The van der Waals surface area contributed by atoms with E-state index in [0.29, 0.717) is 6.04 Å². The van der Waals surface area contributed by atoms with Crippen LogP contribution in [-0.2, 0) is 5.41 Å². The van der Waals surface area contributed by atoms with Crippen molar-refractivity contribution >= 4 is 0 Å². The van der Waals surface area contributed by atoms with Gasteiger partial charge < -0.3 is 5.32 Å². The molecule has 1 aromatic rings. The molecule has 1 aromatic heterocycles. The first-order valence-corrected chi connectivity index (χ1v) is 6.62. The Kier molecular flexibility index (Phi) is 5.13. The molecule has 0 aliphatic heterocycles. The Bertz CT molecular complexity index is 327. The number of aromatic nitrogens is 1. The van der Waals surface area contributed by atoms with Crippen LogP contribution in [0.25, 0.3) is 0 Å². The van der Waals surface area contributed by atoms with Crippen molar-refractivity contribution in [2.75, 3.05) is 6.54 Å². The van der Waals surface area contributed by atoms with E-state index in [4.69, 9.17) is 0 Å². The third-order valence-electron chi connectivity index (χ3n) is 3.25. The molecular formula is C15H26N2. The van der Waals surface area contributed by atoms with Crippen LogP contribution in [0.3, 0.4) is 0 Å². The van der Waals surface area contributed by atoms with E-state index >= 15 is 0 Å². The van der Waals surface area contributed by atoms with Gasteiger partial charge in [0.1, 0.15) is 0 Å². The van der Waals surface area contributed by atoms with E-state index in [-0.39, 0.29) is 5.41 Å². The molecule has 0 saturated heterocycles. The highest BCUT2D eigenvalue weighted by Gasteiger charge is 2.23. The highest BCUT2D eigenvalue weighted by atomic mass is 14.9. The number of hydrogen-bond donors (Lipinski definition) is 1. The van der Waals surface area contributed by atoms with E-state index in [1.165, 1.54) is 12.0 Å². The summed E-state index contributed by atoms with van der Waals surface area (Å²) < 4.78 is 0. The number of pyridine rings is 1. The lowest BCUT2D eigenvalue weighted by Gasteiger charge is -2.29. The lowest BCUT2D eigenvalue weighted by molar-refractivity contribution is 0.389. The van der Waals surface area contributed by atoms with Gasteiger partial charge in [-0.25, -0.2) is 0 Å². The fourth-order valence-electron chi connectivity index (χ4n) is 2.21. The molecular weight excluding hydrogens is 208 g/mol. The van der Waals surface area contributed by atoms with Crippen LogP contribution in [0.1, 0.15) is 51.8 Å². The van der Waals surface area contributed by atoms with Gasteiger partial charge in [-0.1, -0.05) is 26.8 Å². The molecule has 2 heteroatoms. The Balaban J connectivity index is 2.64. The van der Waals surface area contributed by atoms with E-state index in [1.807, 2.05) is 13.1 Å². The number of hydrogen-bond acceptors (Lipinski definition) is 2. The van der Waals surface area contributed by atoms with Crippen LogP contribution in [0.5, 0.6) is 0 Å². The molecule has 1 rings (SSSR count).